The summed E-state index contributed by atoms with van der Waals surface area (Å²) in [6, 6.07) is 13.9. The lowest BCUT2D eigenvalue weighted by Gasteiger charge is -2.15. The van der Waals surface area contributed by atoms with Crippen LogP contribution in [0.1, 0.15) is 12.0 Å². The molecule has 0 saturated heterocycles. The second kappa shape index (κ2) is 8.38. The van der Waals surface area contributed by atoms with Gasteiger partial charge in [-0.25, -0.2) is 4.79 Å². The fourth-order valence-electron chi connectivity index (χ4n) is 2.13. The third kappa shape index (κ3) is 5.01. The molecule has 2 aromatic rings. The summed E-state index contributed by atoms with van der Waals surface area (Å²) in [5.41, 5.74) is 1.33. The van der Waals surface area contributed by atoms with Gasteiger partial charge in [-0.15, -0.1) is 0 Å². The molecule has 5 nitrogen and oxygen atoms in total. The Morgan fingerprint density at radius 1 is 1.25 bits per heavy atom. The molecule has 2 aromatic carbocycles. The molecule has 24 heavy (non-hydrogen) atoms. The highest BCUT2D eigenvalue weighted by atomic mass is 35.5. The van der Waals surface area contributed by atoms with Crippen molar-refractivity contribution in [3.63, 3.8) is 0 Å². The number of carboxylic acid groups (broad SMARTS) is 1. The fourth-order valence-corrected chi connectivity index (χ4v) is 2.32. The van der Waals surface area contributed by atoms with Gasteiger partial charge in [0.05, 0.1) is 17.8 Å². The standard InChI is InChI=1S/C18H18ClNO4/c1-24-14-8-6-12(7-9-14)10-13(18(22)23)11-17(21)20-16-5-3-2-4-15(16)19/h2-10,17,20-21H,11H2,1H3,(H,22,23). The minimum atomic E-state index is -1.09. The van der Waals surface area contributed by atoms with E-state index in [1.54, 1.807) is 55.6 Å². The Bertz CT molecular complexity index is 728. The molecule has 0 amide bonds. The zero-order chi connectivity index (χ0) is 17.5. The zero-order valence-corrected chi connectivity index (χ0v) is 13.8. The number of benzene rings is 2. The van der Waals surface area contributed by atoms with Crippen molar-refractivity contribution in [2.75, 3.05) is 12.4 Å². The van der Waals surface area contributed by atoms with Crippen molar-refractivity contribution in [3.8, 4) is 5.75 Å². The normalized spacial score (nSPS) is 12.5. The van der Waals surface area contributed by atoms with Crippen LogP contribution < -0.4 is 10.1 Å². The van der Waals surface area contributed by atoms with Crippen LogP contribution in [0.2, 0.25) is 5.02 Å². The van der Waals surface area contributed by atoms with Gasteiger partial charge in [-0.2, -0.15) is 0 Å². The molecule has 0 radical (unpaired) electrons. The van der Waals surface area contributed by atoms with Crippen molar-refractivity contribution in [3.05, 3.63) is 64.7 Å². The van der Waals surface area contributed by atoms with Gasteiger partial charge >= 0.3 is 5.97 Å². The lowest BCUT2D eigenvalue weighted by molar-refractivity contribution is -0.132. The minimum absolute atomic E-state index is 0.0761. The number of aliphatic hydroxyl groups excluding tert-OH is 1. The van der Waals surface area contributed by atoms with Gasteiger partial charge in [-0.05, 0) is 35.9 Å². The Balaban J connectivity index is 2.11. The summed E-state index contributed by atoms with van der Waals surface area (Å²) < 4.78 is 5.06. The number of anilines is 1. The van der Waals surface area contributed by atoms with E-state index >= 15 is 0 Å². The molecule has 0 saturated carbocycles. The first-order valence-electron chi connectivity index (χ1n) is 7.26. The van der Waals surface area contributed by atoms with Crippen molar-refractivity contribution < 1.29 is 19.7 Å². The molecule has 0 spiro atoms. The number of ether oxygens (including phenoxy) is 1. The summed E-state index contributed by atoms with van der Waals surface area (Å²) >= 11 is 6.01. The van der Waals surface area contributed by atoms with E-state index < -0.39 is 12.2 Å². The predicted molar refractivity (Wildman–Crippen MR) is 94.3 cm³/mol. The number of hydrogen-bond donors (Lipinski definition) is 3. The van der Waals surface area contributed by atoms with E-state index in [2.05, 4.69) is 5.32 Å². The number of aliphatic hydroxyl groups is 1. The Morgan fingerprint density at radius 2 is 1.92 bits per heavy atom. The molecule has 1 atom stereocenters. The average Bonchev–Trinajstić information content (AvgIpc) is 2.57. The van der Waals surface area contributed by atoms with E-state index in [1.807, 2.05) is 0 Å². The van der Waals surface area contributed by atoms with Crippen LogP contribution in [-0.2, 0) is 4.79 Å². The zero-order valence-electron chi connectivity index (χ0n) is 13.1. The van der Waals surface area contributed by atoms with Crippen LogP contribution in [0.3, 0.4) is 0 Å². The molecule has 0 aliphatic rings. The van der Waals surface area contributed by atoms with Crippen molar-refractivity contribution in [1.29, 1.82) is 0 Å². The van der Waals surface area contributed by atoms with E-state index in [9.17, 15) is 15.0 Å². The summed E-state index contributed by atoms with van der Waals surface area (Å²) in [7, 11) is 1.56. The number of halogens is 1. The summed E-state index contributed by atoms with van der Waals surface area (Å²) in [6.07, 6.45) is 0.358. The fraction of sp³-hybridized carbons (Fsp3) is 0.167. The molecule has 0 aliphatic carbocycles. The monoisotopic (exact) mass is 347 g/mol. The molecule has 2 rings (SSSR count). The molecule has 0 aromatic heterocycles. The van der Waals surface area contributed by atoms with Crippen molar-refractivity contribution in [2.45, 2.75) is 12.6 Å². The maximum absolute atomic E-state index is 11.4. The van der Waals surface area contributed by atoms with Crippen molar-refractivity contribution in [1.82, 2.24) is 0 Å². The molecule has 1 unspecified atom stereocenters. The second-order valence-corrected chi connectivity index (χ2v) is 5.50. The van der Waals surface area contributed by atoms with E-state index in [4.69, 9.17) is 16.3 Å². The van der Waals surface area contributed by atoms with E-state index in [0.717, 1.165) is 0 Å². The first-order valence-corrected chi connectivity index (χ1v) is 7.64. The number of para-hydroxylation sites is 1. The van der Waals surface area contributed by atoms with Gasteiger partial charge in [-0.3, -0.25) is 0 Å². The van der Waals surface area contributed by atoms with Crippen LogP contribution in [-0.4, -0.2) is 29.5 Å². The highest BCUT2D eigenvalue weighted by molar-refractivity contribution is 6.33. The van der Waals surface area contributed by atoms with Gasteiger partial charge in [0, 0.05) is 12.0 Å². The lowest BCUT2D eigenvalue weighted by atomic mass is 10.1. The third-order valence-corrected chi connectivity index (χ3v) is 3.67. The van der Waals surface area contributed by atoms with Gasteiger partial charge in [0.25, 0.3) is 0 Å². The average molecular weight is 348 g/mol. The molecular formula is C18H18ClNO4. The summed E-state index contributed by atoms with van der Waals surface area (Å²) in [6.45, 7) is 0. The predicted octanol–water partition coefficient (Wildman–Crippen LogP) is 3.64. The quantitative estimate of drug-likeness (QED) is 0.526. The molecule has 0 bridgehead atoms. The minimum Gasteiger partial charge on any atom is -0.497 e. The molecule has 126 valence electrons. The Hall–Kier alpha value is -2.50. The van der Waals surface area contributed by atoms with Gasteiger partial charge < -0.3 is 20.3 Å². The SMILES string of the molecule is COc1ccc(C=C(CC(O)Nc2ccccc2Cl)C(=O)O)cc1. The molecule has 0 aliphatic heterocycles. The topological polar surface area (TPSA) is 78.8 Å². The number of carbonyl (C=O) groups is 1. The van der Waals surface area contributed by atoms with Crippen molar-refractivity contribution in [2.24, 2.45) is 0 Å². The maximum atomic E-state index is 11.4. The molecule has 6 heteroatoms. The lowest BCUT2D eigenvalue weighted by Crippen LogP contribution is -2.21. The van der Waals surface area contributed by atoms with Crippen molar-refractivity contribution >= 4 is 29.3 Å². The number of aliphatic carboxylic acids is 1. The Labute approximate surface area is 145 Å². The highest BCUT2D eigenvalue weighted by Crippen LogP contribution is 2.23. The van der Waals surface area contributed by atoms with Crippen LogP contribution in [0.15, 0.2) is 54.1 Å². The first-order chi connectivity index (χ1) is 11.5. The number of rotatable bonds is 7. The van der Waals surface area contributed by atoms with Gasteiger partial charge in [0.15, 0.2) is 0 Å². The van der Waals surface area contributed by atoms with Crippen LogP contribution in [0.5, 0.6) is 5.75 Å². The summed E-state index contributed by atoms with van der Waals surface area (Å²) in [5, 5.41) is 22.7. The Kier molecular flexibility index (Phi) is 6.23. The number of nitrogens with one attached hydrogen (secondary N) is 1. The van der Waals surface area contributed by atoms with E-state index in [1.165, 1.54) is 6.08 Å². The van der Waals surface area contributed by atoms with Gasteiger partial charge in [0.1, 0.15) is 12.0 Å². The van der Waals surface area contributed by atoms with Gasteiger partial charge in [0.2, 0.25) is 0 Å². The number of hydrogen-bond acceptors (Lipinski definition) is 4. The number of methoxy groups -OCH3 is 1. The maximum Gasteiger partial charge on any atom is 0.331 e. The second-order valence-electron chi connectivity index (χ2n) is 5.09. The summed E-state index contributed by atoms with van der Waals surface area (Å²) in [5.74, 6) is -0.407. The van der Waals surface area contributed by atoms with Crippen LogP contribution >= 0.6 is 11.6 Å². The van der Waals surface area contributed by atoms with Crippen LogP contribution in [0.25, 0.3) is 6.08 Å². The molecule has 3 N–H and O–H groups in total. The first kappa shape index (κ1) is 17.8. The van der Waals surface area contributed by atoms with E-state index in [0.29, 0.717) is 22.0 Å². The van der Waals surface area contributed by atoms with Crippen LogP contribution in [0, 0.1) is 0 Å². The third-order valence-electron chi connectivity index (χ3n) is 3.34. The smallest absolute Gasteiger partial charge is 0.331 e. The number of carboxylic acids is 1. The largest absolute Gasteiger partial charge is 0.497 e. The van der Waals surface area contributed by atoms with Gasteiger partial charge in [-0.1, -0.05) is 35.9 Å². The van der Waals surface area contributed by atoms with Crippen LogP contribution in [0.4, 0.5) is 5.69 Å². The Morgan fingerprint density at radius 3 is 2.50 bits per heavy atom. The molecular weight excluding hydrogens is 330 g/mol. The summed E-state index contributed by atoms with van der Waals surface area (Å²) in [4.78, 5) is 11.4. The highest BCUT2D eigenvalue weighted by Gasteiger charge is 2.14. The molecule has 0 heterocycles. The van der Waals surface area contributed by atoms with E-state index in [-0.39, 0.29) is 12.0 Å². The molecule has 0 fully saturated rings.